The Kier molecular flexibility index (Phi) is 3.38. The molecule has 0 bridgehead atoms. The SMILES string of the molecule is CC(C)OC(=N)c1ccccc1[N+](=O)[O-]. The number of rotatable bonds is 3. The van der Waals surface area contributed by atoms with Crippen LogP contribution in [-0.2, 0) is 4.74 Å². The minimum absolute atomic E-state index is 0.108. The van der Waals surface area contributed by atoms with Crippen LogP contribution in [0.3, 0.4) is 0 Å². The molecule has 0 aliphatic rings. The quantitative estimate of drug-likeness (QED) is 0.358. The zero-order valence-corrected chi connectivity index (χ0v) is 8.56. The number of benzene rings is 1. The van der Waals surface area contributed by atoms with E-state index in [0.717, 1.165) is 0 Å². The maximum absolute atomic E-state index is 10.7. The lowest BCUT2D eigenvalue weighted by Crippen LogP contribution is -2.13. The van der Waals surface area contributed by atoms with Crippen LogP contribution >= 0.6 is 0 Å². The van der Waals surface area contributed by atoms with Gasteiger partial charge in [-0.1, -0.05) is 12.1 Å². The Morgan fingerprint density at radius 2 is 2.07 bits per heavy atom. The molecule has 0 unspecified atom stereocenters. The van der Waals surface area contributed by atoms with Crippen molar-refractivity contribution in [3.63, 3.8) is 0 Å². The lowest BCUT2D eigenvalue weighted by molar-refractivity contribution is -0.385. The molecule has 0 atom stereocenters. The summed E-state index contributed by atoms with van der Waals surface area (Å²) in [5.41, 5.74) is 0.0966. The molecule has 1 aromatic carbocycles. The Morgan fingerprint density at radius 1 is 1.47 bits per heavy atom. The van der Waals surface area contributed by atoms with Crippen molar-refractivity contribution < 1.29 is 9.66 Å². The van der Waals surface area contributed by atoms with Gasteiger partial charge < -0.3 is 4.74 Å². The van der Waals surface area contributed by atoms with E-state index in [1.807, 2.05) is 0 Å². The number of hydrogen-bond donors (Lipinski definition) is 1. The van der Waals surface area contributed by atoms with Crippen molar-refractivity contribution >= 4 is 11.6 Å². The molecule has 80 valence electrons. The molecule has 0 fully saturated rings. The van der Waals surface area contributed by atoms with Gasteiger partial charge in [0.25, 0.3) is 5.69 Å². The van der Waals surface area contributed by atoms with Crippen LogP contribution in [0.4, 0.5) is 5.69 Å². The van der Waals surface area contributed by atoms with E-state index < -0.39 is 4.92 Å². The van der Waals surface area contributed by atoms with Gasteiger partial charge >= 0.3 is 0 Å². The van der Waals surface area contributed by atoms with Crippen molar-refractivity contribution in [2.24, 2.45) is 0 Å². The van der Waals surface area contributed by atoms with Gasteiger partial charge in [-0.2, -0.15) is 0 Å². The molecule has 0 saturated heterocycles. The van der Waals surface area contributed by atoms with Crippen LogP contribution in [0.1, 0.15) is 19.4 Å². The van der Waals surface area contributed by atoms with Gasteiger partial charge in [-0.05, 0) is 19.9 Å². The van der Waals surface area contributed by atoms with Crippen LogP contribution in [0.2, 0.25) is 0 Å². The fourth-order valence-corrected chi connectivity index (χ4v) is 1.12. The summed E-state index contributed by atoms with van der Waals surface area (Å²) in [4.78, 5) is 10.1. The summed E-state index contributed by atoms with van der Waals surface area (Å²) in [5.74, 6) is -0.169. The number of para-hydroxylation sites is 1. The minimum atomic E-state index is -0.520. The lowest BCUT2D eigenvalue weighted by atomic mass is 10.2. The molecule has 0 saturated carbocycles. The standard InChI is InChI=1S/C10H12N2O3/c1-7(2)15-10(11)8-5-3-4-6-9(8)12(13)14/h3-7,11H,1-2H3. The summed E-state index contributed by atoms with van der Waals surface area (Å²) >= 11 is 0. The number of nitrogens with zero attached hydrogens (tertiary/aromatic N) is 1. The van der Waals surface area contributed by atoms with Crippen LogP contribution in [0.25, 0.3) is 0 Å². The fourth-order valence-electron chi connectivity index (χ4n) is 1.12. The first-order valence-corrected chi connectivity index (χ1v) is 4.51. The van der Waals surface area contributed by atoms with Gasteiger partial charge in [-0.25, -0.2) is 0 Å². The second kappa shape index (κ2) is 4.54. The second-order valence-electron chi connectivity index (χ2n) is 3.27. The molecule has 15 heavy (non-hydrogen) atoms. The zero-order chi connectivity index (χ0) is 11.4. The highest BCUT2D eigenvalue weighted by Gasteiger charge is 2.17. The molecular formula is C10H12N2O3. The van der Waals surface area contributed by atoms with E-state index in [4.69, 9.17) is 10.1 Å². The van der Waals surface area contributed by atoms with E-state index in [1.54, 1.807) is 26.0 Å². The van der Waals surface area contributed by atoms with E-state index in [2.05, 4.69) is 0 Å². The van der Waals surface area contributed by atoms with Crippen LogP contribution in [0, 0.1) is 15.5 Å². The molecule has 0 spiro atoms. The van der Waals surface area contributed by atoms with Crippen LogP contribution in [-0.4, -0.2) is 16.9 Å². The summed E-state index contributed by atoms with van der Waals surface area (Å²) in [6.45, 7) is 3.53. The van der Waals surface area contributed by atoms with E-state index >= 15 is 0 Å². The highest BCUT2D eigenvalue weighted by Crippen LogP contribution is 2.18. The second-order valence-corrected chi connectivity index (χ2v) is 3.27. The van der Waals surface area contributed by atoms with Crippen LogP contribution in [0.5, 0.6) is 0 Å². The van der Waals surface area contributed by atoms with Gasteiger partial charge in [0, 0.05) is 6.07 Å². The Labute approximate surface area is 87.3 Å². The number of nitrogens with one attached hydrogen (secondary N) is 1. The normalized spacial score (nSPS) is 10.1. The van der Waals surface area contributed by atoms with E-state index in [9.17, 15) is 10.1 Å². The maximum atomic E-state index is 10.7. The average Bonchev–Trinajstić information content (AvgIpc) is 2.16. The van der Waals surface area contributed by atoms with Gasteiger partial charge in [0.2, 0.25) is 5.90 Å². The molecule has 0 radical (unpaired) electrons. The molecule has 0 amide bonds. The summed E-state index contributed by atoms with van der Waals surface area (Å²) < 4.78 is 5.11. The Bertz CT molecular complexity index is 388. The Balaban J connectivity index is 3.03. The predicted octanol–water partition coefficient (Wildman–Crippen LogP) is 2.35. The van der Waals surface area contributed by atoms with E-state index in [0.29, 0.717) is 0 Å². The summed E-state index contributed by atoms with van der Waals surface area (Å²) in [5, 5.41) is 18.2. The van der Waals surface area contributed by atoms with Gasteiger partial charge in [0.1, 0.15) is 5.56 Å². The fraction of sp³-hybridized carbons (Fsp3) is 0.300. The van der Waals surface area contributed by atoms with Crippen LogP contribution in [0.15, 0.2) is 24.3 Å². The van der Waals surface area contributed by atoms with Crippen LogP contribution < -0.4 is 0 Å². The van der Waals surface area contributed by atoms with Gasteiger partial charge in [0.05, 0.1) is 11.0 Å². The van der Waals surface area contributed by atoms with Gasteiger partial charge in [-0.3, -0.25) is 15.5 Å². The molecule has 1 N–H and O–H groups in total. The largest absolute Gasteiger partial charge is 0.475 e. The molecular weight excluding hydrogens is 196 g/mol. The molecule has 0 aromatic heterocycles. The Hall–Kier alpha value is -1.91. The molecule has 0 aliphatic carbocycles. The predicted molar refractivity (Wildman–Crippen MR) is 56.1 cm³/mol. The van der Waals surface area contributed by atoms with Gasteiger partial charge in [-0.15, -0.1) is 0 Å². The highest BCUT2D eigenvalue weighted by atomic mass is 16.6. The van der Waals surface area contributed by atoms with Crippen molar-refractivity contribution in [1.82, 2.24) is 0 Å². The first-order valence-electron chi connectivity index (χ1n) is 4.51. The van der Waals surface area contributed by atoms with Crippen molar-refractivity contribution in [3.8, 4) is 0 Å². The summed E-state index contributed by atoms with van der Waals surface area (Å²) in [7, 11) is 0. The average molecular weight is 208 g/mol. The van der Waals surface area contributed by atoms with Crippen molar-refractivity contribution in [3.05, 3.63) is 39.9 Å². The van der Waals surface area contributed by atoms with E-state index in [-0.39, 0.29) is 23.3 Å². The van der Waals surface area contributed by atoms with Gasteiger partial charge in [0.15, 0.2) is 0 Å². The maximum Gasteiger partial charge on any atom is 0.282 e. The zero-order valence-electron chi connectivity index (χ0n) is 8.56. The molecule has 1 aromatic rings. The smallest absolute Gasteiger partial charge is 0.282 e. The van der Waals surface area contributed by atoms with Crippen molar-refractivity contribution in [1.29, 1.82) is 5.41 Å². The summed E-state index contributed by atoms with van der Waals surface area (Å²) in [6, 6.07) is 6.06. The summed E-state index contributed by atoms with van der Waals surface area (Å²) in [6.07, 6.45) is -0.169. The monoisotopic (exact) mass is 208 g/mol. The number of nitro benzene ring substituents is 1. The molecule has 5 nitrogen and oxygen atoms in total. The third-order valence-electron chi connectivity index (χ3n) is 1.70. The molecule has 0 aliphatic heterocycles. The minimum Gasteiger partial charge on any atom is -0.475 e. The Morgan fingerprint density at radius 3 is 2.60 bits per heavy atom. The first-order chi connectivity index (χ1) is 7.02. The van der Waals surface area contributed by atoms with Crippen molar-refractivity contribution in [2.45, 2.75) is 20.0 Å². The molecule has 0 heterocycles. The topological polar surface area (TPSA) is 76.2 Å². The van der Waals surface area contributed by atoms with Crippen molar-refractivity contribution in [2.75, 3.05) is 0 Å². The third kappa shape index (κ3) is 2.77. The number of hydrogen-bond acceptors (Lipinski definition) is 4. The first kappa shape index (κ1) is 11.2. The highest BCUT2D eigenvalue weighted by molar-refractivity contribution is 5.95. The lowest BCUT2D eigenvalue weighted by Gasteiger charge is -2.10. The molecule has 5 heteroatoms. The van der Waals surface area contributed by atoms with E-state index in [1.165, 1.54) is 12.1 Å². The molecule has 1 rings (SSSR count). The number of ether oxygens (including phenoxy) is 1. The third-order valence-corrected chi connectivity index (χ3v) is 1.70. The number of nitro groups is 1.